The van der Waals surface area contributed by atoms with Crippen LogP contribution in [0.25, 0.3) is 0 Å². The molecule has 6 heteroatoms. The molecular formula is C30H56N2O3S. The second-order valence-electron chi connectivity index (χ2n) is 14.2. The van der Waals surface area contributed by atoms with E-state index in [0.717, 1.165) is 69.3 Å². The first kappa shape index (κ1) is 31.5. The molecule has 0 spiro atoms. The Morgan fingerprint density at radius 1 is 0.750 bits per heavy atom. The normalized spacial score (nSPS) is 24.1. The van der Waals surface area contributed by atoms with Gasteiger partial charge in [-0.1, -0.05) is 32.6 Å². The van der Waals surface area contributed by atoms with Gasteiger partial charge in [0.1, 0.15) is 12.2 Å². The van der Waals surface area contributed by atoms with Crippen LogP contribution in [0.15, 0.2) is 0 Å². The average molecular weight is 525 g/mol. The van der Waals surface area contributed by atoms with E-state index in [9.17, 15) is 4.79 Å². The van der Waals surface area contributed by atoms with Gasteiger partial charge in [0, 0.05) is 60.2 Å². The number of nitrogens with one attached hydrogen (secondary N) is 2. The first-order valence-electron chi connectivity index (χ1n) is 14.5. The van der Waals surface area contributed by atoms with Gasteiger partial charge in [-0.15, -0.1) is 0 Å². The van der Waals surface area contributed by atoms with Gasteiger partial charge >= 0.3 is 5.97 Å². The summed E-state index contributed by atoms with van der Waals surface area (Å²) in [7, 11) is 0. The molecule has 210 valence electrons. The zero-order valence-electron chi connectivity index (χ0n) is 24.9. The Labute approximate surface area is 227 Å². The molecule has 2 heterocycles. The van der Waals surface area contributed by atoms with Crippen LogP contribution in [0.3, 0.4) is 0 Å². The largest absolute Gasteiger partial charge is 0.483 e. The lowest BCUT2D eigenvalue weighted by molar-refractivity contribution is -0.153. The van der Waals surface area contributed by atoms with Crippen molar-refractivity contribution in [3.05, 3.63) is 0 Å². The van der Waals surface area contributed by atoms with Gasteiger partial charge in [-0.2, -0.15) is 0 Å². The third-order valence-corrected chi connectivity index (χ3v) is 8.08. The maximum Gasteiger partial charge on any atom is 0.306 e. The molecule has 2 N–H and O–H groups in total. The third kappa shape index (κ3) is 11.3. The number of ether oxygens (including phenoxy) is 2. The fourth-order valence-corrected chi connectivity index (χ4v) is 7.23. The Kier molecular flexibility index (Phi) is 11.3. The van der Waals surface area contributed by atoms with Crippen LogP contribution in [0.4, 0.5) is 0 Å². The number of thiocarbonyl (C=S) groups is 1. The van der Waals surface area contributed by atoms with Crippen molar-refractivity contribution in [1.29, 1.82) is 0 Å². The van der Waals surface area contributed by atoms with Crippen LogP contribution in [0.1, 0.15) is 139 Å². The van der Waals surface area contributed by atoms with E-state index in [4.69, 9.17) is 21.7 Å². The van der Waals surface area contributed by atoms with Gasteiger partial charge in [0.2, 0.25) is 0 Å². The monoisotopic (exact) mass is 524 g/mol. The topological polar surface area (TPSA) is 59.6 Å². The Morgan fingerprint density at radius 2 is 1.17 bits per heavy atom. The molecule has 0 amide bonds. The van der Waals surface area contributed by atoms with Gasteiger partial charge in [0.25, 0.3) is 0 Å². The van der Waals surface area contributed by atoms with E-state index in [1.165, 1.54) is 6.42 Å². The molecule has 2 aliphatic heterocycles. The molecular weight excluding hydrogens is 468 g/mol. The molecule has 2 rings (SSSR count). The van der Waals surface area contributed by atoms with Crippen LogP contribution in [0.2, 0.25) is 0 Å². The number of carbonyl (C=O) groups excluding carboxylic acids is 1. The van der Waals surface area contributed by atoms with Gasteiger partial charge in [-0.3, -0.25) is 4.79 Å². The number of carbonyl (C=O) groups is 1. The standard InChI is InChI=1S/C30H56N2O3S/c1-10-22(26(36)35-24-20-29(6,7)32-30(8,9)21-24)16-14-12-11-13-15-17-25(33)34-23-18-27(2,3)31-28(4,5)19-23/h22-24,31-32H,10-21H2,1-9H3. The molecule has 1 atom stereocenters. The van der Waals surface area contributed by atoms with Crippen molar-refractivity contribution >= 4 is 23.2 Å². The summed E-state index contributed by atoms with van der Waals surface area (Å²) in [6.07, 6.45) is 12.1. The van der Waals surface area contributed by atoms with Crippen molar-refractivity contribution < 1.29 is 14.3 Å². The summed E-state index contributed by atoms with van der Waals surface area (Å²) in [6.45, 7) is 20.0. The van der Waals surface area contributed by atoms with E-state index in [1.807, 2.05) is 0 Å². The molecule has 0 bridgehead atoms. The summed E-state index contributed by atoms with van der Waals surface area (Å²) in [4.78, 5) is 12.4. The van der Waals surface area contributed by atoms with E-state index in [0.29, 0.717) is 12.3 Å². The predicted molar refractivity (Wildman–Crippen MR) is 155 cm³/mol. The van der Waals surface area contributed by atoms with Crippen LogP contribution in [-0.2, 0) is 14.3 Å². The number of hydrogen-bond acceptors (Lipinski definition) is 6. The fraction of sp³-hybridized carbons (Fsp3) is 0.933. The van der Waals surface area contributed by atoms with E-state index in [2.05, 4.69) is 72.9 Å². The number of esters is 1. The second kappa shape index (κ2) is 12.9. The SMILES string of the molecule is CCC(CCCCCCCC(=O)OC1CC(C)(C)NC(C)(C)C1)C(=S)OC1CC(C)(C)NC(C)(C)C1. The second-order valence-corrected chi connectivity index (χ2v) is 14.6. The molecule has 0 radical (unpaired) electrons. The van der Waals surface area contributed by atoms with E-state index in [1.54, 1.807) is 0 Å². The summed E-state index contributed by atoms with van der Waals surface area (Å²) in [5.41, 5.74) is 0.127. The maximum atomic E-state index is 12.4. The molecule has 36 heavy (non-hydrogen) atoms. The van der Waals surface area contributed by atoms with Crippen molar-refractivity contribution in [2.24, 2.45) is 5.92 Å². The summed E-state index contributed by atoms with van der Waals surface area (Å²) >= 11 is 5.75. The number of hydrogen-bond donors (Lipinski definition) is 2. The van der Waals surface area contributed by atoms with Crippen LogP contribution < -0.4 is 10.6 Å². The Hall–Kier alpha value is -0.720. The Bertz CT molecular complexity index is 700. The van der Waals surface area contributed by atoms with Gasteiger partial charge in [0.05, 0.1) is 0 Å². The molecule has 0 aromatic carbocycles. The molecule has 0 aliphatic carbocycles. The molecule has 0 saturated carbocycles. The minimum atomic E-state index is -0.0358. The molecule has 1 unspecified atom stereocenters. The maximum absolute atomic E-state index is 12.4. The van der Waals surface area contributed by atoms with Crippen molar-refractivity contribution in [2.45, 2.75) is 174 Å². The molecule has 2 fully saturated rings. The average Bonchev–Trinajstić information content (AvgIpc) is 2.64. The predicted octanol–water partition coefficient (Wildman–Crippen LogP) is 7.25. The van der Waals surface area contributed by atoms with Crippen LogP contribution in [0.5, 0.6) is 0 Å². The minimum absolute atomic E-state index is 0.00279. The smallest absolute Gasteiger partial charge is 0.306 e. The highest BCUT2D eigenvalue weighted by Gasteiger charge is 2.40. The Morgan fingerprint density at radius 3 is 1.64 bits per heavy atom. The molecule has 2 aliphatic rings. The Balaban J connectivity index is 1.60. The van der Waals surface area contributed by atoms with Crippen LogP contribution in [-0.4, -0.2) is 45.4 Å². The quantitative estimate of drug-likeness (QED) is 0.159. The minimum Gasteiger partial charge on any atom is -0.483 e. The van der Waals surface area contributed by atoms with Crippen LogP contribution in [0, 0.1) is 5.92 Å². The van der Waals surface area contributed by atoms with Crippen molar-refractivity contribution in [3.8, 4) is 0 Å². The number of unbranched alkanes of at least 4 members (excludes halogenated alkanes) is 4. The van der Waals surface area contributed by atoms with Crippen molar-refractivity contribution in [2.75, 3.05) is 0 Å². The van der Waals surface area contributed by atoms with Gasteiger partial charge < -0.3 is 20.1 Å². The zero-order valence-corrected chi connectivity index (χ0v) is 25.7. The van der Waals surface area contributed by atoms with Gasteiger partial charge in [-0.05, 0) is 86.9 Å². The molecule has 0 aromatic rings. The first-order chi connectivity index (χ1) is 16.5. The highest BCUT2D eigenvalue weighted by atomic mass is 32.1. The highest BCUT2D eigenvalue weighted by Crippen LogP contribution is 2.32. The zero-order chi connectivity index (χ0) is 27.2. The van der Waals surface area contributed by atoms with Gasteiger partial charge in [0.15, 0.2) is 5.05 Å². The van der Waals surface area contributed by atoms with E-state index in [-0.39, 0.29) is 40.3 Å². The van der Waals surface area contributed by atoms with E-state index >= 15 is 0 Å². The lowest BCUT2D eigenvalue weighted by Crippen LogP contribution is -2.59. The molecule has 5 nitrogen and oxygen atoms in total. The van der Waals surface area contributed by atoms with Crippen molar-refractivity contribution in [3.63, 3.8) is 0 Å². The van der Waals surface area contributed by atoms with E-state index < -0.39 is 0 Å². The summed E-state index contributed by atoms with van der Waals surface area (Å²) in [6, 6.07) is 0. The van der Waals surface area contributed by atoms with Gasteiger partial charge in [-0.25, -0.2) is 0 Å². The lowest BCUT2D eigenvalue weighted by atomic mass is 9.81. The third-order valence-electron chi connectivity index (χ3n) is 7.65. The van der Waals surface area contributed by atoms with Crippen LogP contribution >= 0.6 is 12.2 Å². The molecule has 2 saturated heterocycles. The summed E-state index contributed by atoms with van der Waals surface area (Å²) < 4.78 is 12.2. The molecule has 0 aromatic heterocycles. The lowest BCUT2D eigenvalue weighted by Gasteiger charge is -2.46. The highest BCUT2D eigenvalue weighted by molar-refractivity contribution is 7.80. The number of piperidine rings is 2. The first-order valence-corrected chi connectivity index (χ1v) is 14.9. The fourth-order valence-electron chi connectivity index (χ4n) is 6.81. The number of rotatable bonds is 12. The summed E-state index contributed by atoms with van der Waals surface area (Å²) in [5.74, 6) is 0.320. The summed E-state index contributed by atoms with van der Waals surface area (Å²) in [5, 5.41) is 8.17. The van der Waals surface area contributed by atoms with Crippen molar-refractivity contribution in [1.82, 2.24) is 10.6 Å².